The zero-order chi connectivity index (χ0) is 17.4. The summed E-state index contributed by atoms with van der Waals surface area (Å²) in [5.41, 5.74) is 0.374. The van der Waals surface area contributed by atoms with Gasteiger partial charge in [-0.1, -0.05) is 11.6 Å². The fourth-order valence-electron chi connectivity index (χ4n) is 1.72. The smallest absolute Gasteiger partial charge is 0.298 e. The number of amides is 2. The zero-order valence-electron chi connectivity index (χ0n) is 12.2. The lowest BCUT2D eigenvalue weighted by molar-refractivity contribution is -0.138. The summed E-state index contributed by atoms with van der Waals surface area (Å²) < 4.78 is 14.6. The second-order valence-corrected chi connectivity index (χ2v) is 5.68. The number of anilines is 1. The molecule has 1 aromatic rings. The zero-order valence-corrected chi connectivity index (χ0v) is 13.7. The number of hydrogen-bond donors (Lipinski definition) is 2. The number of aliphatic hydroxyl groups is 1. The average molecular weight is 364 g/mol. The number of halogens is 2. The van der Waals surface area contributed by atoms with Gasteiger partial charge < -0.3 is 15.3 Å². The minimum atomic E-state index is -0.608. The van der Waals surface area contributed by atoms with Crippen molar-refractivity contribution in [3.05, 3.63) is 29.0 Å². The number of rotatable bonds is 3. The van der Waals surface area contributed by atoms with E-state index in [1.807, 2.05) is 0 Å². The van der Waals surface area contributed by atoms with Crippen LogP contribution in [0.1, 0.15) is 0 Å². The lowest BCUT2D eigenvalue weighted by Gasteiger charge is -2.14. The molecule has 0 aromatic heterocycles. The fourth-order valence-corrected chi connectivity index (χ4v) is 2.67. The van der Waals surface area contributed by atoms with E-state index in [0.29, 0.717) is 18.8 Å². The van der Waals surface area contributed by atoms with Gasteiger partial charge in [0.05, 0.1) is 11.7 Å². The second kappa shape index (κ2) is 9.46. The van der Waals surface area contributed by atoms with Crippen LogP contribution in [0.4, 0.5) is 14.9 Å². The van der Waals surface area contributed by atoms with Crippen molar-refractivity contribution in [3.63, 3.8) is 0 Å². The number of benzene rings is 1. The number of hydrogen-bond acceptors (Lipinski definition) is 6. The van der Waals surface area contributed by atoms with Crippen LogP contribution in [0.2, 0.25) is 5.02 Å². The van der Waals surface area contributed by atoms with Crippen molar-refractivity contribution in [1.29, 1.82) is 0 Å². The number of aliphatic hydroxyl groups excluding tert-OH is 1. The van der Waals surface area contributed by atoms with E-state index in [0.717, 1.165) is 25.1 Å². The highest BCUT2D eigenvalue weighted by Crippen LogP contribution is 2.22. The molecule has 0 aliphatic carbocycles. The summed E-state index contributed by atoms with van der Waals surface area (Å²) in [6.07, 6.45) is 0.245. The summed E-state index contributed by atoms with van der Waals surface area (Å²) in [6.45, 7) is 1.06. The summed E-state index contributed by atoms with van der Waals surface area (Å²) in [4.78, 5) is 34.7. The molecule has 2 rings (SSSR count). The van der Waals surface area contributed by atoms with E-state index in [-0.39, 0.29) is 18.0 Å². The molecular formula is C13H15ClFN3O4S. The molecule has 0 bridgehead atoms. The maximum Gasteiger partial charge on any atom is 0.298 e. The van der Waals surface area contributed by atoms with Crippen LogP contribution in [0.5, 0.6) is 0 Å². The molecule has 1 aliphatic rings. The molecule has 0 spiro atoms. The lowest BCUT2D eigenvalue weighted by Crippen LogP contribution is -2.30. The molecule has 23 heavy (non-hydrogen) atoms. The first-order chi connectivity index (χ1) is 11.0. The molecule has 10 heteroatoms. The molecule has 1 heterocycles. The highest BCUT2D eigenvalue weighted by Gasteiger charge is 2.26. The van der Waals surface area contributed by atoms with E-state index in [4.69, 9.17) is 16.7 Å². The van der Waals surface area contributed by atoms with E-state index in [9.17, 15) is 18.8 Å². The first-order valence-corrected chi connectivity index (χ1v) is 7.52. The highest BCUT2D eigenvalue weighted by molar-refractivity contribution is 8.11. The molecule has 1 saturated heterocycles. The number of carbonyl (C=O) groups excluding carboxylic acids is 3. The Bertz CT molecular complexity index is 590. The number of nitrogens with zero attached hydrogens (tertiary/aromatic N) is 2. The Morgan fingerprint density at radius 2 is 2.09 bits per heavy atom. The summed E-state index contributed by atoms with van der Waals surface area (Å²) in [5.74, 6) is -1.17. The van der Waals surface area contributed by atoms with Crippen molar-refractivity contribution in [2.45, 2.75) is 0 Å². The number of carbonyl (C=O) groups is 3. The van der Waals surface area contributed by atoms with Crippen LogP contribution in [-0.4, -0.2) is 58.6 Å². The molecule has 0 atom stereocenters. The van der Waals surface area contributed by atoms with Gasteiger partial charge in [-0.05, 0) is 18.2 Å². The Morgan fingerprint density at radius 3 is 2.70 bits per heavy atom. The number of nitrogens with one attached hydrogen (secondary N) is 1. The van der Waals surface area contributed by atoms with E-state index in [1.165, 1.54) is 17.0 Å². The quantitative estimate of drug-likeness (QED) is 0.481. The molecule has 7 nitrogen and oxygen atoms in total. The third kappa shape index (κ3) is 5.79. The third-order valence-corrected chi connectivity index (χ3v) is 3.85. The Hall–Kier alpha value is -1.68. The van der Waals surface area contributed by atoms with Gasteiger partial charge in [-0.3, -0.25) is 14.4 Å². The molecule has 2 amide bonds. The normalized spacial score (nSPS) is 14.0. The standard InChI is InChI=1S/C12H11ClFN3O3S.CH4O/c13-9-5-8(1-2-10(9)14)15-12(20)21-17-4-3-16(7-17)11(19)6-18;1-2/h1-2,5-6H,3-4,7H2,(H,15,20);2H,1H3. The van der Waals surface area contributed by atoms with Gasteiger partial charge in [0.15, 0.2) is 0 Å². The second-order valence-electron chi connectivity index (χ2n) is 4.20. The minimum Gasteiger partial charge on any atom is -0.400 e. The van der Waals surface area contributed by atoms with E-state index >= 15 is 0 Å². The van der Waals surface area contributed by atoms with Crippen LogP contribution >= 0.6 is 23.5 Å². The minimum absolute atomic E-state index is 0.0817. The van der Waals surface area contributed by atoms with Crippen LogP contribution in [0.25, 0.3) is 0 Å². The first-order valence-electron chi connectivity index (χ1n) is 6.37. The van der Waals surface area contributed by atoms with Crippen molar-refractivity contribution in [2.75, 3.05) is 32.2 Å². The van der Waals surface area contributed by atoms with Gasteiger partial charge in [0, 0.05) is 37.8 Å². The fraction of sp³-hybridized carbons (Fsp3) is 0.308. The van der Waals surface area contributed by atoms with Gasteiger partial charge in [-0.25, -0.2) is 8.70 Å². The van der Waals surface area contributed by atoms with Crippen LogP contribution in [0.3, 0.4) is 0 Å². The molecule has 2 N–H and O–H groups in total. The van der Waals surface area contributed by atoms with Crippen molar-refractivity contribution < 1.29 is 23.9 Å². The van der Waals surface area contributed by atoms with Crippen LogP contribution in [-0.2, 0) is 9.59 Å². The Balaban J connectivity index is 0.00000127. The average Bonchev–Trinajstić information content (AvgIpc) is 3.00. The molecular weight excluding hydrogens is 349 g/mol. The Morgan fingerprint density at radius 1 is 1.39 bits per heavy atom. The van der Waals surface area contributed by atoms with Crippen LogP contribution in [0.15, 0.2) is 18.2 Å². The van der Waals surface area contributed by atoms with E-state index in [1.54, 1.807) is 4.31 Å². The molecule has 0 unspecified atom stereocenters. The largest absolute Gasteiger partial charge is 0.400 e. The van der Waals surface area contributed by atoms with Gasteiger partial charge in [-0.15, -0.1) is 0 Å². The first kappa shape index (κ1) is 19.4. The van der Waals surface area contributed by atoms with E-state index < -0.39 is 17.0 Å². The van der Waals surface area contributed by atoms with Crippen molar-refractivity contribution >= 4 is 46.7 Å². The maximum absolute atomic E-state index is 13.0. The maximum atomic E-state index is 13.0. The predicted octanol–water partition coefficient (Wildman–Crippen LogP) is 1.57. The van der Waals surface area contributed by atoms with Gasteiger partial charge in [0.2, 0.25) is 6.29 Å². The summed E-state index contributed by atoms with van der Waals surface area (Å²) in [7, 11) is 1.00. The highest BCUT2D eigenvalue weighted by atomic mass is 35.5. The van der Waals surface area contributed by atoms with Crippen molar-refractivity contribution in [2.24, 2.45) is 0 Å². The van der Waals surface area contributed by atoms with Crippen molar-refractivity contribution in [3.8, 4) is 0 Å². The molecule has 0 radical (unpaired) electrons. The lowest BCUT2D eigenvalue weighted by atomic mass is 10.3. The Labute approximate surface area is 141 Å². The summed E-state index contributed by atoms with van der Waals surface area (Å²) in [5, 5.41) is 9.08. The third-order valence-electron chi connectivity index (χ3n) is 2.74. The van der Waals surface area contributed by atoms with Gasteiger partial charge in [0.1, 0.15) is 5.82 Å². The predicted molar refractivity (Wildman–Crippen MR) is 85.5 cm³/mol. The van der Waals surface area contributed by atoms with Crippen LogP contribution in [0, 0.1) is 5.82 Å². The summed E-state index contributed by atoms with van der Waals surface area (Å²) >= 11 is 6.50. The number of aldehydes is 1. The van der Waals surface area contributed by atoms with Gasteiger partial charge >= 0.3 is 0 Å². The van der Waals surface area contributed by atoms with Crippen molar-refractivity contribution in [1.82, 2.24) is 9.21 Å². The van der Waals surface area contributed by atoms with E-state index in [2.05, 4.69) is 5.32 Å². The monoisotopic (exact) mass is 363 g/mol. The van der Waals surface area contributed by atoms with Crippen LogP contribution < -0.4 is 5.32 Å². The summed E-state index contributed by atoms with van der Waals surface area (Å²) in [6, 6.07) is 3.86. The molecule has 1 fully saturated rings. The molecule has 126 valence electrons. The van der Waals surface area contributed by atoms with Gasteiger partial charge in [0.25, 0.3) is 11.1 Å². The SMILES string of the molecule is CO.O=CC(=O)N1CCN(SC(=O)Nc2ccc(F)c(Cl)c2)C1. The molecule has 1 aromatic carbocycles. The molecule has 1 aliphatic heterocycles. The molecule has 0 saturated carbocycles. The van der Waals surface area contributed by atoms with Gasteiger partial charge in [-0.2, -0.15) is 0 Å². The topological polar surface area (TPSA) is 90.0 Å². The Kier molecular flexibility index (Phi) is 7.96.